The first-order chi connectivity index (χ1) is 7.76. The maximum Gasteiger partial charge on any atom is 0.124 e. The van der Waals surface area contributed by atoms with Crippen molar-refractivity contribution in [3.05, 3.63) is 45.6 Å². The van der Waals surface area contributed by atoms with Gasteiger partial charge in [0, 0.05) is 23.4 Å². The number of halogens is 1. The molecule has 0 aliphatic heterocycles. The summed E-state index contributed by atoms with van der Waals surface area (Å²) >= 11 is 0. The third kappa shape index (κ3) is 4.01. The van der Waals surface area contributed by atoms with Crippen molar-refractivity contribution in [3.8, 4) is 11.8 Å². The maximum absolute atomic E-state index is 13.0. The summed E-state index contributed by atoms with van der Waals surface area (Å²) < 4.78 is 13.0. The van der Waals surface area contributed by atoms with E-state index in [9.17, 15) is 4.39 Å². The Morgan fingerprint density at radius 1 is 1.44 bits per heavy atom. The SMILES string of the molecule is [N-]=[N+]=NCCC#Cc1cc(F)cc(CO)c1. The number of rotatable bonds is 3. The zero-order valence-corrected chi connectivity index (χ0v) is 8.52. The lowest BCUT2D eigenvalue weighted by Crippen LogP contribution is -1.87. The second kappa shape index (κ2) is 6.46. The molecular formula is C11H10FN3O. The van der Waals surface area contributed by atoms with Gasteiger partial charge in [0.2, 0.25) is 0 Å². The summed E-state index contributed by atoms with van der Waals surface area (Å²) in [5.74, 6) is 5.06. The highest BCUT2D eigenvalue weighted by molar-refractivity contribution is 5.37. The van der Waals surface area contributed by atoms with Crippen molar-refractivity contribution < 1.29 is 9.50 Å². The molecule has 5 heteroatoms. The molecule has 0 saturated carbocycles. The van der Waals surface area contributed by atoms with E-state index in [1.165, 1.54) is 12.1 Å². The second-order valence-corrected chi connectivity index (χ2v) is 3.01. The molecule has 1 aromatic carbocycles. The Labute approximate surface area is 92.3 Å². The first-order valence-corrected chi connectivity index (χ1v) is 4.66. The van der Waals surface area contributed by atoms with Crippen LogP contribution in [0.2, 0.25) is 0 Å². The molecule has 0 atom stereocenters. The molecule has 0 bridgehead atoms. The van der Waals surface area contributed by atoms with Gasteiger partial charge in [-0.15, -0.1) is 0 Å². The van der Waals surface area contributed by atoms with Crippen LogP contribution >= 0.6 is 0 Å². The van der Waals surface area contributed by atoms with Gasteiger partial charge in [-0.1, -0.05) is 17.0 Å². The lowest BCUT2D eigenvalue weighted by Gasteiger charge is -1.97. The van der Waals surface area contributed by atoms with E-state index in [0.29, 0.717) is 24.1 Å². The molecule has 0 aliphatic carbocycles. The highest BCUT2D eigenvalue weighted by atomic mass is 19.1. The van der Waals surface area contributed by atoms with Crippen LogP contribution in [0.1, 0.15) is 17.5 Å². The van der Waals surface area contributed by atoms with Crippen LogP contribution in [0.25, 0.3) is 10.4 Å². The zero-order chi connectivity index (χ0) is 11.8. The van der Waals surface area contributed by atoms with E-state index >= 15 is 0 Å². The van der Waals surface area contributed by atoms with Gasteiger partial charge < -0.3 is 5.11 Å². The average molecular weight is 219 g/mol. The summed E-state index contributed by atoms with van der Waals surface area (Å²) in [7, 11) is 0. The fraction of sp³-hybridized carbons (Fsp3) is 0.273. The standard InChI is InChI=1S/C11H10FN3O/c12-11-6-9(5-10(7-11)8-16)3-1-2-4-14-15-13/h5-7,16H,2,4,8H2. The number of benzene rings is 1. The molecule has 0 spiro atoms. The Bertz CT molecular complexity index is 470. The molecule has 0 amide bonds. The summed E-state index contributed by atoms with van der Waals surface area (Å²) in [6, 6.07) is 4.16. The van der Waals surface area contributed by atoms with Crippen molar-refractivity contribution in [1.82, 2.24) is 0 Å². The van der Waals surface area contributed by atoms with Gasteiger partial charge in [0.25, 0.3) is 0 Å². The average Bonchev–Trinajstić information content (AvgIpc) is 2.28. The Kier molecular flexibility index (Phi) is 4.87. The van der Waals surface area contributed by atoms with Gasteiger partial charge in [0.1, 0.15) is 5.82 Å². The Morgan fingerprint density at radius 2 is 2.25 bits per heavy atom. The maximum atomic E-state index is 13.0. The molecule has 82 valence electrons. The molecule has 0 heterocycles. The van der Waals surface area contributed by atoms with Crippen LogP contribution in [0.4, 0.5) is 4.39 Å². The van der Waals surface area contributed by atoms with Crippen LogP contribution in [-0.2, 0) is 6.61 Å². The molecule has 0 unspecified atom stereocenters. The largest absolute Gasteiger partial charge is 0.392 e. The molecule has 1 rings (SSSR count). The minimum atomic E-state index is -0.425. The molecule has 0 aliphatic rings. The van der Waals surface area contributed by atoms with Crippen LogP contribution < -0.4 is 0 Å². The third-order valence-corrected chi connectivity index (χ3v) is 1.77. The second-order valence-electron chi connectivity index (χ2n) is 3.01. The van der Waals surface area contributed by atoms with Crippen LogP contribution in [0.3, 0.4) is 0 Å². The van der Waals surface area contributed by atoms with Crippen LogP contribution in [0.15, 0.2) is 23.3 Å². The number of hydrogen-bond acceptors (Lipinski definition) is 2. The van der Waals surface area contributed by atoms with E-state index in [0.717, 1.165) is 0 Å². The summed E-state index contributed by atoms with van der Waals surface area (Å²) in [4.78, 5) is 2.59. The molecule has 0 saturated heterocycles. The fourth-order valence-corrected chi connectivity index (χ4v) is 1.13. The van der Waals surface area contributed by atoms with E-state index in [2.05, 4.69) is 21.9 Å². The molecule has 0 radical (unpaired) electrons. The Morgan fingerprint density at radius 3 is 2.94 bits per heavy atom. The first kappa shape index (κ1) is 12.1. The lowest BCUT2D eigenvalue weighted by molar-refractivity contribution is 0.281. The topological polar surface area (TPSA) is 69.0 Å². The van der Waals surface area contributed by atoms with E-state index in [1.54, 1.807) is 6.07 Å². The van der Waals surface area contributed by atoms with Crippen molar-refractivity contribution in [1.29, 1.82) is 0 Å². The minimum absolute atomic E-state index is 0.217. The van der Waals surface area contributed by atoms with Crippen molar-refractivity contribution in [2.24, 2.45) is 5.11 Å². The van der Waals surface area contributed by atoms with Crippen LogP contribution in [0.5, 0.6) is 0 Å². The van der Waals surface area contributed by atoms with Gasteiger partial charge in [0.05, 0.1) is 6.61 Å². The van der Waals surface area contributed by atoms with Gasteiger partial charge in [0.15, 0.2) is 0 Å². The summed E-state index contributed by atoms with van der Waals surface area (Å²) in [5.41, 5.74) is 9.01. The molecular weight excluding hydrogens is 209 g/mol. The molecule has 1 N–H and O–H groups in total. The van der Waals surface area contributed by atoms with Gasteiger partial charge in [-0.05, 0) is 29.3 Å². The predicted octanol–water partition coefficient (Wildman–Crippen LogP) is 2.37. The zero-order valence-electron chi connectivity index (χ0n) is 8.52. The normalized spacial score (nSPS) is 8.88. The monoisotopic (exact) mass is 219 g/mol. The van der Waals surface area contributed by atoms with Crippen molar-refractivity contribution in [2.45, 2.75) is 13.0 Å². The van der Waals surface area contributed by atoms with E-state index in [1.807, 2.05) is 0 Å². The fourth-order valence-electron chi connectivity index (χ4n) is 1.13. The number of aliphatic hydroxyl groups excluding tert-OH is 1. The highest BCUT2D eigenvalue weighted by Crippen LogP contribution is 2.08. The minimum Gasteiger partial charge on any atom is -0.392 e. The van der Waals surface area contributed by atoms with E-state index < -0.39 is 5.82 Å². The number of hydrogen-bond donors (Lipinski definition) is 1. The summed E-state index contributed by atoms with van der Waals surface area (Å²) in [5, 5.41) is 12.2. The van der Waals surface area contributed by atoms with E-state index in [-0.39, 0.29) is 6.61 Å². The molecule has 16 heavy (non-hydrogen) atoms. The lowest BCUT2D eigenvalue weighted by atomic mass is 10.1. The van der Waals surface area contributed by atoms with E-state index in [4.69, 9.17) is 10.6 Å². The summed E-state index contributed by atoms with van der Waals surface area (Å²) in [6.07, 6.45) is 0.426. The van der Waals surface area contributed by atoms with Crippen LogP contribution in [0, 0.1) is 17.7 Å². The summed E-state index contributed by atoms with van der Waals surface area (Å²) in [6.45, 7) is 0.0802. The first-order valence-electron chi connectivity index (χ1n) is 4.66. The number of aliphatic hydroxyl groups is 1. The van der Waals surface area contributed by atoms with Gasteiger partial charge in [-0.3, -0.25) is 0 Å². The highest BCUT2D eigenvalue weighted by Gasteiger charge is 1.97. The molecule has 1 aromatic rings. The van der Waals surface area contributed by atoms with Gasteiger partial charge in [-0.25, -0.2) is 4.39 Å². The predicted molar refractivity (Wildman–Crippen MR) is 57.8 cm³/mol. The Hall–Kier alpha value is -2.02. The van der Waals surface area contributed by atoms with Crippen molar-refractivity contribution >= 4 is 0 Å². The number of azide groups is 1. The smallest absolute Gasteiger partial charge is 0.124 e. The third-order valence-electron chi connectivity index (χ3n) is 1.77. The number of nitrogens with zero attached hydrogens (tertiary/aromatic N) is 3. The Balaban J connectivity index is 2.72. The molecule has 4 nitrogen and oxygen atoms in total. The van der Waals surface area contributed by atoms with Crippen molar-refractivity contribution in [3.63, 3.8) is 0 Å². The van der Waals surface area contributed by atoms with Gasteiger partial charge >= 0.3 is 0 Å². The molecule has 0 aromatic heterocycles. The van der Waals surface area contributed by atoms with Crippen LogP contribution in [-0.4, -0.2) is 11.7 Å². The molecule has 0 fully saturated rings. The quantitative estimate of drug-likeness (QED) is 0.274. The van der Waals surface area contributed by atoms with Gasteiger partial charge in [-0.2, -0.15) is 0 Å². The van der Waals surface area contributed by atoms with Crippen molar-refractivity contribution in [2.75, 3.05) is 6.54 Å².